The molecule has 0 unspecified atom stereocenters. The summed E-state index contributed by atoms with van der Waals surface area (Å²) >= 11 is 0. The summed E-state index contributed by atoms with van der Waals surface area (Å²) in [5.74, 6) is -0.172. The van der Waals surface area contributed by atoms with Gasteiger partial charge in [-0.05, 0) is 48.2 Å². The van der Waals surface area contributed by atoms with Crippen LogP contribution in [0.3, 0.4) is 0 Å². The second-order valence-electron chi connectivity index (χ2n) is 7.04. The van der Waals surface area contributed by atoms with E-state index in [1.165, 1.54) is 0 Å². The highest BCUT2D eigenvalue weighted by Crippen LogP contribution is 2.44. The topological polar surface area (TPSA) is 66.5 Å². The fourth-order valence-electron chi connectivity index (χ4n) is 3.83. The van der Waals surface area contributed by atoms with Gasteiger partial charge in [0.1, 0.15) is 0 Å². The van der Waals surface area contributed by atoms with Gasteiger partial charge in [-0.25, -0.2) is 8.42 Å². The smallest absolute Gasteiger partial charge is 0.308 e. The first-order valence-corrected chi connectivity index (χ1v) is 11.0. The average molecular weight is 434 g/mol. The lowest BCUT2D eigenvalue weighted by Crippen LogP contribution is -2.25. The standard InChI is InChI=1S/C21H17F3N2O3S/c1-3-26-18-10-8-13(14-5-4-6-15(19(14)18)20(26)27)16-11-12(21(22,23)24)7-9-17(16)25-30(2,28)29/h4-11,25H,3H2,1-2H3. The Kier molecular flexibility index (Phi) is 4.54. The molecule has 1 amide bonds. The van der Waals surface area contributed by atoms with Crippen LogP contribution in [0.15, 0.2) is 48.5 Å². The molecule has 0 aromatic heterocycles. The number of hydrogen-bond donors (Lipinski definition) is 1. The third kappa shape index (κ3) is 3.28. The number of carbonyl (C=O) groups is 1. The molecule has 1 aliphatic rings. The van der Waals surface area contributed by atoms with Gasteiger partial charge in [-0.1, -0.05) is 18.2 Å². The molecule has 1 aliphatic heterocycles. The van der Waals surface area contributed by atoms with Crippen LogP contribution < -0.4 is 9.62 Å². The molecule has 0 spiro atoms. The summed E-state index contributed by atoms with van der Waals surface area (Å²) in [6, 6.07) is 11.2. The number of benzene rings is 3. The summed E-state index contributed by atoms with van der Waals surface area (Å²) in [5.41, 5.74) is 0.770. The molecule has 9 heteroatoms. The molecule has 3 aromatic carbocycles. The number of hydrogen-bond acceptors (Lipinski definition) is 3. The van der Waals surface area contributed by atoms with Gasteiger partial charge in [0, 0.05) is 23.1 Å². The Morgan fingerprint density at radius 2 is 1.73 bits per heavy atom. The van der Waals surface area contributed by atoms with Crippen LogP contribution in [-0.4, -0.2) is 27.1 Å². The molecule has 156 valence electrons. The van der Waals surface area contributed by atoms with E-state index in [2.05, 4.69) is 4.72 Å². The van der Waals surface area contributed by atoms with E-state index in [1.54, 1.807) is 35.2 Å². The first-order chi connectivity index (χ1) is 14.0. The van der Waals surface area contributed by atoms with Gasteiger partial charge in [-0.3, -0.25) is 9.52 Å². The maximum absolute atomic E-state index is 13.4. The minimum Gasteiger partial charge on any atom is -0.308 e. The monoisotopic (exact) mass is 434 g/mol. The van der Waals surface area contributed by atoms with Crippen molar-refractivity contribution in [2.24, 2.45) is 0 Å². The summed E-state index contributed by atoms with van der Waals surface area (Å²) in [6.45, 7) is 2.29. The van der Waals surface area contributed by atoms with Crippen molar-refractivity contribution in [2.75, 3.05) is 22.4 Å². The Balaban J connectivity index is 2.04. The van der Waals surface area contributed by atoms with E-state index in [1.807, 2.05) is 6.92 Å². The molecular weight excluding hydrogens is 417 g/mol. The quantitative estimate of drug-likeness (QED) is 0.637. The summed E-state index contributed by atoms with van der Waals surface area (Å²) < 4.78 is 66.0. The Bertz CT molecular complexity index is 1300. The molecule has 0 fully saturated rings. The lowest BCUT2D eigenvalue weighted by atomic mass is 9.93. The number of rotatable bonds is 4. The van der Waals surface area contributed by atoms with Crippen LogP contribution in [-0.2, 0) is 16.2 Å². The van der Waals surface area contributed by atoms with Crippen LogP contribution in [0.2, 0.25) is 0 Å². The van der Waals surface area contributed by atoms with Gasteiger partial charge >= 0.3 is 6.18 Å². The van der Waals surface area contributed by atoms with E-state index in [9.17, 15) is 26.4 Å². The maximum atomic E-state index is 13.4. The van der Waals surface area contributed by atoms with Gasteiger partial charge in [0.2, 0.25) is 10.0 Å². The van der Waals surface area contributed by atoms with Crippen molar-refractivity contribution in [1.29, 1.82) is 0 Å². The van der Waals surface area contributed by atoms with Crippen LogP contribution in [0.25, 0.3) is 21.9 Å². The zero-order valence-corrected chi connectivity index (χ0v) is 16.9. The number of sulfonamides is 1. The fourth-order valence-corrected chi connectivity index (χ4v) is 4.40. The van der Waals surface area contributed by atoms with Gasteiger partial charge in [-0.2, -0.15) is 13.2 Å². The molecule has 1 N–H and O–H groups in total. The van der Waals surface area contributed by atoms with Crippen LogP contribution in [0.4, 0.5) is 24.5 Å². The first-order valence-electron chi connectivity index (χ1n) is 9.08. The summed E-state index contributed by atoms with van der Waals surface area (Å²) in [7, 11) is -3.73. The van der Waals surface area contributed by atoms with Crippen LogP contribution in [0.5, 0.6) is 0 Å². The molecule has 0 saturated carbocycles. The lowest BCUT2D eigenvalue weighted by Gasteiger charge is -2.18. The van der Waals surface area contributed by atoms with Crippen molar-refractivity contribution in [3.63, 3.8) is 0 Å². The summed E-state index contributed by atoms with van der Waals surface area (Å²) in [6.07, 6.45) is -3.66. The number of nitrogens with one attached hydrogen (secondary N) is 1. The highest BCUT2D eigenvalue weighted by atomic mass is 32.2. The van der Waals surface area contributed by atoms with Gasteiger partial charge in [0.15, 0.2) is 0 Å². The molecule has 0 bridgehead atoms. The number of amides is 1. The normalized spacial score (nSPS) is 13.9. The highest BCUT2D eigenvalue weighted by molar-refractivity contribution is 7.92. The number of nitrogens with zero attached hydrogens (tertiary/aromatic N) is 1. The fraction of sp³-hybridized carbons (Fsp3) is 0.190. The van der Waals surface area contributed by atoms with Crippen molar-refractivity contribution in [1.82, 2.24) is 0 Å². The SMILES string of the molecule is CCN1C(=O)c2cccc3c(-c4cc(C(F)(F)F)ccc4NS(C)(=O)=O)ccc1c23. The zero-order valence-electron chi connectivity index (χ0n) is 16.0. The minimum absolute atomic E-state index is 0.0304. The number of alkyl halides is 3. The molecule has 1 heterocycles. The molecule has 0 radical (unpaired) electrons. The van der Waals surface area contributed by atoms with Crippen LogP contribution in [0.1, 0.15) is 22.8 Å². The van der Waals surface area contributed by atoms with Crippen LogP contribution in [0, 0.1) is 0 Å². The zero-order chi connectivity index (χ0) is 21.8. The van der Waals surface area contributed by atoms with Gasteiger partial charge < -0.3 is 4.90 Å². The largest absolute Gasteiger partial charge is 0.416 e. The number of anilines is 2. The minimum atomic E-state index is -4.60. The molecule has 0 aliphatic carbocycles. The second kappa shape index (κ2) is 6.73. The lowest BCUT2D eigenvalue weighted by molar-refractivity contribution is -0.137. The van der Waals surface area contributed by atoms with Crippen molar-refractivity contribution in [3.8, 4) is 11.1 Å². The predicted octanol–water partition coefficient (Wildman–Crippen LogP) is 4.88. The Labute approximate surface area is 171 Å². The van der Waals surface area contributed by atoms with Gasteiger partial charge in [-0.15, -0.1) is 0 Å². The molecule has 0 saturated heterocycles. The van der Waals surface area contributed by atoms with Gasteiger partial charge in [0.25, 0.3) is 5.91 Å². The molecule has 3 aromatic rings. The third-order valence-corrected chi connectivity index (χ3v) is 5.62. The van der Waals surface area contributed by atoms with E-state index in [0.29, 0.717) is 34.1 Å². The maximum Gasteiger partial charge on any atom is 0.416 e. The molecule has 5 nitrogen and oxygen atoms in total. The van der Waals surface area contributed by atoms with Crippen molar-refractivity contribution < 1.29 is 26.4 Å². The highest BCUT2D eigenvalue weighted by Gasteiger charge is 2.33. The molecule has 4 rings (SSSR count). The van der Waals surface area contributed by atoms with E-state index >= 15 is 0 Å². The van der Waals surface area contributed by atoms with E-state index in [4.69, 9.17) is 0 Å². The van der Waals surface area contributed by atoms with Crippen molar-refractivity contribution >= 4 is 38.1 Å². The Morgan fingerprint density at radius 3 is 2.37 bits per heavy atom. The van der Waals surface area contributed by atoms with Crippen molar-refractivity contribution in [2.45, 2.75) is 13.1 Å². The molecular formula is C21H17F3N2O3S. The number of carbonyl (C=O) groups excluding carboxylic acids is 1. The Morgan fingerprint density at radius 1 is 1.00 bits per heavy atom. The van der Waals surface area contributed by atoms with Crippen LogP contribution >= 0.6 is 0 Å². The van der Waals surface area contributed by atoms with Crippen molar-refractivity contribution in [3.05, 3.63) is 59.7 Å². The van der Waals surface area contributed by atoms with E-state index < -0.39 is 21.8 Å². The molecule has 30 heavy (non-hydrogen) atoms. The molecule has 0 atom stereocenters. The van der Waals surface area contributed by atoms with E-state index in [-0.39, 0.29) is 17.2 Å². The number of halogens is 3. The Hall–Kier alpha value is -3.07. The average Bonchev–Trinajstić information content (AvgIpc) is 2.94. The summed E-state index contributed by atoms with van der Waals surface area (Å²) in [4.78, 5) is 14.3. The van der Waals surface area contributed by atoms with E-state index in [0.717, 1.165) is 24.5 Å². The predicted molar refractivity (Wildman–Crippen MR) is 110 cm³/mol. The summed E-state index contributed by atoms with van der Waals surface area (Å²) in [5, 5.41) is 1.22. The third-order valence-electron chi connectivity index (χ3n) is 5.03. The first kappa shape index (κ1) is 20.2. The second-order valence-corrected chi connectivity index (χ2v) is 8.79. The van der Waals surface area contributed by atoms with Gasteiger partial charge in [0.05, 0.1) is 23.2 Å².